The predicted octanol–water partition coefficient (Wildman–Crippen LogP) is 2.07. The second kappa shape index (κ2) is 6.95. The summed E-state index contributed by atoms with van der Waals surface area (Å²) in [6, 6.07) is -0.490. The first-order valence-corrected chi connectivity index (χ1v) is 8.34. The van der Waals surface area contributed by atoms with Gasteiger partial charge in [0.05, 0.1) is 13.0 Å². The summed E-state index contributed by atoms with van der Waals surface area (Å²) in [6.45, 7) is 2.98. The highest BCUT2D eigenvalue weighted by molar-refractivity contribution is 7.89. The van der Waals surface area contributed by atoms with E-state index in [-0.39, 0.29) is 13.2 Å². The Morgan fingerprint density at radius 1 is 1.38 bits per heavy atom. The van der Waals surface area contributed by atoms with Crippen LogP contribution in [0.25, 0.3) is 0 Å². The van der Waals surface area contributed by atoms with Crippen molar-refractivity contribution >= 4 is 16.0 Å². The number of alkyl halides is 3. The van der Waals surface area contributed by atoms with Crippen molar-refractivity contribution < 1.29 is 31.1 Å². The van der Waals surface area contributed by atoms with Crippen LogP contribution in [0.2, 0.25) is 0 Å². The number of ether oxygens (including phenoxy) is 1. The lowest BCUT2D eigenvalue weighted by molar-refractivity contribution is -0.155. The molecular formula is C12H20F3NO4S. The molecule has 0 spiro atoms. The third-order valence-corrected chi connectivity index (χ3v) is 5.80. The lowest BCUT2D eigenvalue weighted by Gasteiger charge is -2.35. The average molecular weight is 331 g/mol. The molecule has 124 valence electrons. The Kier molecular flexibility index (Phi) is 6.03. The van der Waals surface area contributed by atoms with E-state index >= 15 is 0 Å². The largest absolute Gasteiger partial charge is 0.466 e. The third kappa shape index (κ3) is 4.57. The number of sulfonamides is 1. The summed E-state index contributed by atoms with van der Waals surface area (Å²) in [7, 11) is -4.64. The first-order valence-electron chi connectivity index (χ1n) is 6.83. The molecule has 0 bridgehead atoms. The molecule has 1 heterocycles. The monoisotopic (exact) mass is 331 g/mol. The molecule has 5 nitrogen and oxygen atoms in total. The van der Waals surface area contributed by atoms with Gasteiger partial charge in [0.25, 0.3) is 0 Å². The Morgan fingerprint density at radius 2 is 2.00 bits per heavy atom. The van der Waals surface area contributed by atoms with Crippen molar-refractivity contribution in [3.05, 3.63) is 0 Å². The fourth-order valence-electron chi connectivity index (χ4n) is 2.37. The van der Waals surface area contributed by atoms with Crippen LogP contribution < -0.4 is 0 Å². The zero-order chi connectivity index (χ0) is 16.3. The van der Waals surface area contributed by atoms with Gasteiger partial charge in [0.2, 0.25) is 10.0 Å². The molecule has 1 fully saturated rings. The Bertz CT molecular complexity index is 464. The maximum Gasteiger partial charge on any atom is 0.407 e. The Labute approximate surface area is 122 Å². The van der Waals surface area contributed by atoms with Gasteiger partial charge in [-0.2, -0.15) is 17.5 Å². The summed E-state index contributed by atoms with van der Waals surface area (Å²) in [6.07, 6.45) is -4.40. The maximum atomic E-state index is 13.1. The predicted molar refractivity (Wildman–Crippen MR) is 70.0 cm³/mol. The van der Waals surface area contributed by atoms with Crippen molar-refractivity contribution in [3.8, 4) is 0 Å². The molecule has 0 amide bonds. The van der Waals surface area contributed by atoms with Gasteiger partial charge in [0.1, 0.15) is 0 Å². The zero-order valence-electron chi connectivity index (χ0n) is 12.0. The number of nitrogens with zero attached hydrogens (tertiary/aromatic N) is 1. The van der Waals surface area contributed by atoms with Gasteiger partial charge in [-0.3, -0.25) is 4.79 Å². The topological polar surface area (TPSA) is 63.7 Å². The van der Waals surface area contributed by atoms with Gasteiger partial charge in [0, 0.05) is 12.6 Å². The molecule has 0 aromatic carbocycles. The quantitative estimate of drug-likeness (QED) is 0.724. The first-order chi connectivity index (χ1) is 9.60. The van der Waals surface area contributed by atoms with Gasteiger partial charge in [-0.25, -0.2) is 8.42 Å². The number of rotatable bonds is 5. The normalized spacial score (nSPS) is 22.8. The molecule has 0 N–H and O–H groups in total. The molecule has 2 unspecified atom stereocenters. The van der Waals surface area contributed by atoms with Crippen molar-refractivity contribution in [2.24, 2.45) is 0 Å². The number of hydrogen-bond donors (Lipinski definition) is 0. The summed E-state index contributed by atoms with van der Waals surface area (Å²) < 4.78 is 69.1. The van der Waals surface area contributed by atoms with Gasteiger partial charge >= 0.3 is 12.1 Å². The van der Waals surface area contributed by atoms with E-state index in [1.807, 2.05) is 0 Å². The summed E-state index contributed by atoms with van der Waals surface area (Å²) in [5, 5.41) is -2.75. The van der Waals surface area contributed by atoms with E-state index in [0.29, 0.717) is 12.8 Å². The highest BCUT2D eigenvalue weighted by Gasteiger charge is 2.53. The van der Waals surface area contributed by atoms with Crippen molar-refractivity contribution in [1.82, 2.24) is 4.31 Å². The van der Waals surface area contributed by atoms with Gasteiger partial charge in [-0.15, -0.1) is 0 Å². The highest BCUT2D eigenvalue weighted by Crippen LogP contribution is 2.33. The molecule has 2 atom stereocenters. The molecule has 1 saturated heterocycles. The molecule has 0 saturated carbocycles. The lowest BCUT2D eigenvalue weighted by atomic mass is 10.1. The van der Waals surface area contributed by atoms with Crippen molar-refractivity contribution in [3.63, 3.8) is 0 Å². The van der Waals surface area contributed by atoms with E-state index in [4.69, 9.17) is 0 Å². The summed E-state index contributed by atoms with van der Waals surface area (Å²) in [4.78, 5) is 11.3. The molecule has 0 aromatic rings. The lowest BCUT2D eigenvalue weighted by Crippen LogP contribution is -2.51. The average Bonchev–Trinajstić information content (AvgIpc) is 2.35. The molecular weight excluding hydrogens is 311 g/mol. The van der Waals surface area contributed by atoms with Crippen LogP contribution in [-0.2, 0) is 19.6 Å². The summed E-state index contributed by atoms with van der Waals surface area (Å²) in [5.41, 5.74) is 0. The smallest absolute Gasteiger partial charge is 0.407 e. The number of esters is 1. The summed E-state index contributed by atoms with van der Waals surface area (Å²) >= 11 is 0. The Balaban J connectivity index is 3.03. The molecule has 0 aliphatic carbocycles. The van der Waals surface area contributed by atoms with Crippen molar-refractivity contribution in [1.29, 1.82) is 0 Å². The van der Waals surface area contributed by atoms with E-state index in [2.05, 4.69) is 4.74 Å². The second-order valence-corrected chi connectivity index (χ2v) is 7.11. The van der Waals surface area contributed by atoms with Crippen LogP contribution in [0.4, 0.5) is 13.2 Å². The van der Waals surface area contributed by atoms with Crippen molar-refractivity contribution in [2.75, 3.05) is 13.2 Å². The van der Waals surface area contributed by atoms with E-state index in [1.165, 1.54) is 6.92 Å². The molecule has 1 rings (SSSR count). The van der Waals surface area contributed by atoms with Crippen LogP contribution in [0.3, 0.4) is 0 Å². The standard InChI is InChI=1S/C12H20F3NO4S/c1-3-20-11(17)8-10(12(13,14)15)21(18,19)16-7-5-4-6-9(16)2/h9-10H,3-8H2,1-2H3. The Hall–Kier alpha value is -0.830. The highest BCUT2D eigenvalue weighted by atomic mass is 32.2. The van der Waals surface area contributed by atoms with Gasteiger partial charge in [0.15, 0.2) is 5.25 Å². The minimum absolute atomic E-state index is 0.0545. The van der Waals surface area contributed by atoms with E-state index in [1.54, 1.807) is 6.92 Å². The van der Waals surface area contributed by atoms with E-state index < -0.39 is 39.9 Å². The molecule has 9 heteroatoms. The Morgan fingerprint density at radius 3 is 2.48 bits per heavy atom. The third-order valence-electron chi connectivity index (χ3n) is 3.45. The zero-order valence-corrected chi connectivity index (χ0v) is 12.8. The molecule has 1 aliphatic rings. The van der Waals surface area contributed by atoms with E-state index in [0.717, 1.165) is 10.7 Å². The van der Waals surface area contributed by atoms with Crippen LogP contribution in [0.5, 0.6) is 0 Å². The summed E-state index contributed by atoms with van der Waals surface area (Å²) in [5.74, 6) is -1.16. The number of hydrogen-bond acceptors (Lipinski definition) is 4. The van der Waals surface area contributed by atoms with Crippen LogP contribution >= 0.6 is 0 Å². The molecule has 0 aromatic heterocycles. The van der Waals surface area contributed by atoms with Crippen molar-refractivity contribution in [2.45, 2.75) is 57.0 Å². The number of piperidine rings is 1. The minimum atomic E-state index is -5.01. The molecule has 21 heavy (non-hydrogen) atoms. The number of carbonyl (C=O) groups excluding carboxylic acids is 1. The van der Waals surface area contributed by atoms with Crippen LogP contribution in [0, 0.1) is 0 Å². The molecule has 0 radical (unpaired) electrons. The van der Waals surface area contributed by atoms with Crippen LogP contribution in [0.15, 0.2) is 0 Å². The maximum absolute atomic E-state index is 13.1. The van der Waals surface area contributed by atoms with Gasteiger partial charge in [-0.05, 0) is 26.7 Å². The number of halogens is 3. The van der Waals surface area contributed by atoms with Gasteiger partial charge < -0.3 is 4.74 Å². The fourth-order valence-corrected chi connectivity index (χ4v) is 4.38. The number of carbonyl (C=O) groups is 1. The van der Waals surface area contributed by atoms with Crippen LogP contribution in [0.1, 0.15) is 39.5 Å². The second-order valence-electron chi connectivity index (χ2n) is 5.04. The fraction of sp³-hybridized carbons (Fsp3) is 0.917. The van der Waals surface area contributed by atoms with E-state index in [9.17, 15) is 26.4 Å². The minimum Gasteiger partial charge on any atom is -0.466 e. The van der Waals surface area contributed by atoms with Crippen LogP contribution in [-0.4, -0.2) is 49.3 Å². The SMILES string of the molecule is CCOC(=O)CC(C(F)(F)F)S(=O)(=O)N1CCCCC1C. The van der Waals surface area contributed by atoms with Gasteiger partial charge in [-0.1, -0.05) is 6.42 Å². The molecule has 1 aliphatic heterocycles. The first kappa shape index (κ1) is 18.2.